The zero-order chi connectivity index (χ0) is 16.7. The molecule has 0 aromatic carbocycles. The lowest BCUT2D eigenvalue weighted by Crippen LogP contribution is -2.22. The smallest absolute Gasteiger partial charge is 0.250 e. The van der Waals surface area contributed by atoms with Crippen molar-refractivity contribution in [2.45, 2.75) is 19.8 Å². The van der Waals surface area contributed by atoms with Crippen LogP contribution in [0.4, 0.5) is 41.1 Å². The SMILES string of the molecule is COCCCC(C)C(=O)NF.FF.FF.FF.FF. The molecule has 0 saturated heterocycles. The van der Waals surface area contributed by atoms with E-state index in [-0.39, 0.29) is 5.92 Å². The Morgan fingerprint density at radius 3 is 1.68 bits per heavy atom. The molecule has 0 aliphatic rings. The van der Waals surface area contributed by atoms with Crippen LogP contribution in [0.1, 0.15) is 19.8 Å². The molecule has 0 spiro atoms. The fourth-order valence-electron chi connectivity index (χ4n) is 0.758. The van der Waals surface area contributed by atoms with Crippen molar-refractivity contribution in [1.29, 1.82) is 0 Å². The number of amides is 1. The number of ether oxygens (including phenoxy) is 1. The monoisotopic (exact) mass is 315 g/mol. The van der Waals surface area contributed by atoms with Gasteiger partial charge in [0.25, 0.3) is 0 Å². The molecule has 19 heavy (non-hydrogen) atoms. The number of hydrogen-bond acceptors (Lipinski definition) is 2. The molecule has 1 unspecified atom stereocenters. The van der Waals surface area contributed by atoms with Crippen LogP contribution in [0.5, 0.6) is 0 Å². The van der Waals surface area contributed by atoms with E-state index in [9.17, 15) is 9.28 Å². The first-order chi connectivity index (χ1) is 9.22. The maximum absolute atomic E-state index is 11.5. The predicted molar refractivity (Wildman–Crippen MR) is 48.4 cm³/mol. The highest BCUT2D eigenvalue weighted by atomic mass is 20.0. The van der Waals surface area contributed by atoms with Gasteiger partial charge in [-0.3, -0.25) is 4.79 Å². The molecule has 1 N–H and O–H groups in total. The van der Waals surface area contributed by atoms with Crippen molar-refractivity contribution < 1.29 is 50.6 Å². The lowest BCUT2D eigenvalue weighted by molar-refractivity contribution is -0.129. The highest BCUT2D eigenvalue weighted by molar-refractivity contribution is 5.76. The van der Waals surface area contributed by atoms with Gasteiger partial charge in [-0.2, -0.15) is 5.54 Å². The lowest BCUT2D eigenvalue weighted by atomic mass is 10.1. The van der Waals surface area contributed by atoms with Gasteiger partial charge in [-0.15, -0.1) is 4.48 Å². The molecule has 0 aromatic rings. The Labute approximate surface area is 103 Å². The first-order valence-corrected chi connectivity index (χ1v) is 4.19. The number of halogens is 9. The Hall–Kier alpha value is -1.20. The first kappa shape index (κ1) is 30.7. The van der Waals surface area contributed by atoms with E-state index in [2.05, 4.69) is 0 Å². The molecule has 0 aromatic heterocycles. The quantitative estimate of drug-likeness (QED) is 0.463. The van der Waals surface area contributed by atoms with Crippen LogP contribution in [0.25, 0.3) is 0 Å². The van der Waals surface area contributed by atoms with E-state index >= 15 is 0 Å². The Morgan fingerprint density at radius 1 is 1.05 bits per heavy atom. The van der Waals surface area contributed by atoms with Gasteiger partial charge in [-0.25, -0.2) is 0 Å². The average Bonchev–Trinajstić information content (AvgIpc) is 2.54. The first-order valence-electron chi connectivity index (χ1n) is 4.19. The van der Waals surface area contributed by atoms with Crippen LogP contribution in [0.2, 0.25) is 0 Å². The second kappa shape index (κ2) is 43.7. The van der Waals surface area contributed by atoms with Crippen LogP contribution in [0.15, 0.2) is 0 Å². The number of nitrogens with one attached hydrogen (secondary N) is 1. The molecule has 1 amide bonds. The van der Waals surface area contributed by atoms with Gasteiger partial charge in [0.2, 0.25) is 5.91 Å². The summed E-state index contributed by atoms with van der Waals surface area (Å²) in [7, 11) is 1.60. The third-order valence-electron chi connectivity index (χ3n) is 1.53. The molecule has 0 radical (unpaired) electrons. The molecule has 3 nitrogen and oxygen atoms in total. The second-order valence-corrected chi connectivity index (χ2v) is 2.49. The van der Waals surface area contributed by atoms with Crippen molar-refractivity contribution in [3.63, 3.8) is 0 Å². The summed E-state index contributed by atoms with van der Waals surface area (Å²) in [4.78, 5) is 10.6. The minimum atomic E-state index is -0.555. The van der Waals surface area contributed by atoms with E-state index in [4.69, 9.17) is 41.3 Å². The predicted octanol–water partition coefficient (Wildman–Crippen LogP) is 4.41. The maximum Gasteiger partial charge on any atom is 0.250 e. The van der Waals surface area contributed by atoms with Gasteiger partial charge in [0.15, 0.2) is 0 Å². The van der Waals surface area contributed by atoms with Gasteiger partial charge >= 0.3 is 0 Å². The number of hydrogen-bond donors (Lipinski definition) is 1. The van der Waals surface area contributed by atoms with E-state index in [1.807, 2.05) is 0 Å². The molecule has 0 heterocycles. The highest BCUT2D eigenvalue weighted by Crippen LogP contribution is 2.04. The molecule has 0 aliphatic carbocycles. The van der Waals surface area contributed by atoms with Gasteiger partial charge < -0.3 is 4.74 Å². The van der Waals surface area contributed by atoms with E-state index in [1.54, 1.807) is 14.0 Å². The van der Waals surface area contributed by atoms with Gasteiger partial charge in [-0.05, 0) is 12.8 Å². The van der Waals surface area contributed by atoms with E-state index in [1.165, 1.54) is 0 Å². The van der Waals surface area contributed by atoms with Crippen LogP contribution in [-0.2, 0) is 9.53 Å². The zero-order valence-electron chi connectivity index (χ0n) is 9.92. The molecule has 0 fully saturated rings. The second-order valence-electron chi connectivity index (χ2n) is 2.49. The summed E-state index contributed by atoms with van der Waals surface area (Å²) in [6, 6.07) is 0. The van der Waals surface area contributed by atoms with Crippen LogP contribution < -0.4 is 5.54 Å². The highest BCUT2D eigenvalue weighted by Gasteiger charge is 2.10. The Bertz CT molecular complexity index is 133. The van der Waals surface area contributed by atoms with Crippen LogP contribution in [0, 0.1) is 5.92 Å². The van der Waals surface area contributed by atoms with Gasteiger partial charge in [0.1, 0.15) is 0 Å². The van der Waals surface area contributed by atoms with Gasteiger partial charge in [-0.1, -0.05) is 6.92 Å². The summed E-state index contributed by atoms with van der Waals surface area (Å²) in [5.74, 6) is -0.823. The molecule has 0 aliphatic heterocycles. The molecular weight excluding hydrogens is 301 g/mol. The summed E-state index contributed by atoms with van der Waals surface area (Å²) in [6.07, 6.45) is 1.44. The van der Waals surface area contributed by atoms with Crippen molar-refractivity contribution in [1.82, 2.24) is 5.54 Å². The summed E-state index contributed by atoms with van der Waals surface area (Å²) >= 11 is 0. The van der Waals surface area contributed by atoms with E-state index in [0.717, 1.165) is 12.0 Å². The molecule has 12 heteroatoms. The Balaban J connectivity index is -0.0000000693. The largest absolute Gasteiger partial charge is 0.385 e. The molecular formula is C7H14F9NO2. The number of carbonyl (C=O) groups is 1. The normalized spacial score (nSPS) is 8.58. The van der Waals surface area contributed by atoms with Crippen molar-refractivity contribution in [2.75, 3.05) is 13.7 Å². The van der Waals surface area contributed by atoms with Crippen LogP contribution >= 0.6 is 0 Å². The topological polar surface area (TPSA) is 38.3 Å². The molecule has 0 saturated carbocycles. The minimum absolute atomic E-state index is 0.268. The summed E-state index contributed by atoms with van der Waals surface area (Å²) < 4.78 is 80.3. The zero-order valence-corrected chi connectivity index (χ0v) is 9.92. The number of methoxy groups -OCH3 is 1. The fourth-order valence-corrected chi connectivity index (χ4v) is 0.758. The van der Waals surface area contributed by atoms with Crippen LogP contribution in [-0.4, -0.2) is 19.6 Å². The van der Waals surface area contributed by atoms with Crippen molar-refractivity contribution in [2.24, 2.45) is 5.92 Å². The van der Waals surface area contributed by atoms with Crippen molar-refractivity contribution in [3.05, 3.63) is 0 Å². The molecule has 1 atom stereocenters. The van der Waals surface area contributed by atoms with E-state index in [0.29, 0.717) is 13.0 Å². The lowest BCUT2D eigenvalue weighted by Gasteiger charge is -2.06. The summed E-state index contributed by atoms with van der Waals surface area (Å²) in [5, 5.41) is 0. The average molecular weight is 315 g/mol. The Kier molecular flexibility index (Phi) is 70.5. The number of carbonyl (C=O) groups excluding carboxylic acids is 1. The van der Waals surface area contributed by atoms with Crippen molar-refractivity contribution >= 4 is 5.91 Å². The van der Waals surface area contributed by atoms with Gasteiger partial charge in [0, 0.05) is 56.2 Å². The molecule has 122 valence electrons. The Morgan fingerprint density at radius 2 is 1.42 bits per heavy atom. The van der Waals surface area contributed by atoms with Gasteiger partial charge in [0.05, 0.1) is 0 Å². The standard InChI is InChI=1S/C7H14FNO2.4F2/c1-6(7(10)9-8)4-3-5-11-2;4*1-2/h6H,3-5H2,1-2H3,(H,9,10);;;;. The third-order valence-corrected chi connectivity index (χ3v) is 1.53. The summed E-state index contributed by atoms with van der Waals surface area (Å²) in [6.45, 7) is 2.30. The van der Waals surface area contributed by atoms with Crippen LogP contribution in [0.3, 0.4) is 0 Å². The molecule has 0 bridgehead atoms. The number of rotatable bonds is 5. The van der Waals surface area contributed by atoms with Crippen molar-refractivity contribution in [3.8, 4) is 0 Å². The third kappa shape index (κ3) is 38.3. The fraction of sp³-hybridized carbons (Fsp3) is 0.857. The minimum Gasteiger partial charge on any atom is -0.385 e. The maximum atomic E-state index is 11.5. The molecule has 0 rings (SSSR count). The van der Waals surface area contributed by atoms with E-state index < -0.39 is 5.91 Å². The summed E-state index contributed by atoms with van der Waals surface area (Å²) in [5.41, 5.74) is 1.11.